The largest absolute Gasteiger partial charge is 0.486 e. The maximum absolute atomic E-state index is 10.2. The molecule has 1 saturated heterocycles. The molecule has 2 aromatic rings. The molecule has 0 saturated carbocycles. The summed E-state index contributed by atoms with van der Waals surface area (Å²) in [6, 6.07) is 10.0. The second kappa shape index (κ2) is 8.62. The number of aliphatic hydroxyl groups excluding tert-OH is 3. The van der Waals surface area contributed by atoms with Crippen molar-refractivity contribution in [2.75, 3.05) is 19.8 Å². The zero-order valence-electron chi connectivity index (χ0n) is 16.2. The molecule has 0 radical (unpaired) electrons. The second-order valence-electron chi connectivity index (χ2n) is 7.58. The zero-order valence-corrected chi connectivity index (χ0v) is 17.8. The Kier molecular flexibility index (Phi) is 6.13. The van der Waals surface area contributed by atoms with Crippen LogP contribution in [0.2, 0.25) is 0 Å². The van der Waals surface area contributed by atoms with Crippen LogP contribution in [0.4, 0.5) is 0 Å². The van der Waals surface area contributed by atoms with Gasteiger partial charge in [-0.15, -0.1) is 0 Å². The molecule has 4 unspecified atom stereocenters. The van der Waals surface area contributed by atoms with Crippen LogP contribution in [0.25, 0.3) is 0 Å². The molecule has 1 fully saturated rings. The quantitative estimate of drug-likeness (QED) is 0.644. The van der Waals surface area contributed by atoms with Gasteiger partial charge in [-0.3, -0.25) is 0 Å². The van der Waals surface area contributed by atoms with Crippen molar-refractivity contribution in [1.82, 2.24) is 0 Å². The smallest absolute Gasteiger partial charge is 0.161 e. The van der Waals surface area contributed by atoms with Gasteiger partial charge in [-0.05, 0) is 53.8 Å². The van der Waals surface area contributed by atoms with Gasteiger partial charge >= 0.3 is 0 Å². The lowest BCUT2D eigenvalue weighted by Crippen LogP contribution is -2.47. The number of benzene rings is 2. The van der Waals surface area contributed by atoms with E-state index in [1.807, 2.05) is 24.3 Å². The molecule has 2 aliphatic heterocycles. The zero-order chi connectivity index (χ0) is 20.5. The van der Waals surface area contributed by atoms with E-state index in [1.165, 1.54) is 0 Å². The van der Waals surface area contributed by atoms with Gasteiger partial charge in [0.05, 0.1) is 18.8 Å². The lowest BCUT2D eigenvalue weighted by atomic mass is 9.91. The van der Waals surface area contributed by atoms with Crippen molar-refractivity contribution in [3.05, 3.63) is 57.1 Å². The molecule has 6 nitrogen and oxygen atoms in total. The van der Waals surface area contributed by atoms with E-state index in [-0.39, 0.29) is 13.0 Å². The molecule has 156 valence electrons. The molecule has 0 spiro atoms. The minimum atomic E-state index is -1.08. The highest BCUT2D eigenvalue weighted by Crippen LogP contribution is 2.36. The van der Waals surface area contributed by atoms with Gasteiger partial charge in [-0.1, -0.05) is 28.1 Å². The molecule has 4 rings (SSSR count). The van der Waals surface area contributed by atoms with E-state index < -0.39 is 24.4 Å². The Morgan fingerprint density at radius 3 is 2.59 bits per heavy atom. The number of rotatable bonds is 4. The Morgan fingerprint density at radius 1 is 1.07 bits per heavy atom. The monoisotopic (exact) mass is 464 g/mol. The standard InChI is InChI=1S/C22H25BrO6/c1-12-14(6-13-2-3-18-20(7-13)28-5-4-27-18)8-15(9-16(12)23)19-10-17(25)22(26)21(11-24)29-19/h2-3,7-9,17,19,21-22,24-26H,4-6,10-11H2,1H3. The fourth-order valence-electron chi connectivity index (χ4n) is 3.87. The summed E-state index contributed by atoms with van der Waals surface area (Å²) in [4.78, 5) is 0. The third-order valence-corrected chi connectivity index (χ3v) is 6.42. The van der Waals surface area contributed by atoms with Crippen LogP contribution >= 0.6 is 15.9 Å². The van der Waals surface area contributed by atoms with Crippen LogP contribution in [-0.2, 0) is 11.2 Å². The van der Waals surface area contributed by atoms with Gasteiger partial charge in [0.25, 0.3) is 0 Å². The molecule has 0 aliphatic carbocycles. The van der Waals surface area contributed by atoms with E-state index in [1.54, 1.807) is 0 Å². The fraction of sp³-hybridized carbons (Fsp3) is 0.455. The minimum absolute atomic E-state index is 0.274. The van der Waals surface area contributed by atoms with Crippen LogP contribution in [0.1, 0.15) is 34.8 Å². The molecular formula is C22H25BrO6. The Balaban J connectivity index is 1.61. The van der Waals surface area contributed by atoms with Crippen LogP contribution in [0.15, 0.2) is 34.8 Å². The van der Waals surface area contributed by atoms with Crippen LogP contribution in [-0.4, -0.2) is 53.5 Å². The Bertz CT molecular complexity index is 886. The molecule has 2 aliphatic rings. The molecule has 7 heteroatoms. The van der Waals surface area contributed by atoms with Crippen LogP contribution in [0.3, 0.4) is 0 Å². The summed E-state index contributed by atoms with van der Waals surface area (Å²) in [5, 5.41) is 29.6. The predicted octanol–water partition coefficient (Wildman–Crippen LogP) is 2.66. The number of hydrogen-bond acceptors (Lipinski definition) is 6. The molecule has 0 aromatic heterocycles. The van der Waals surface area contributed by atoms with Gasteiger partial charge in [0.1, 0.15) is 25.4 Å². The van der Waals surface area contributed by atoms with Crippen LogP contribution in [0, 0.1) is 6.92 Å². The Hall–Kier alpha value is -1.64. The lowest BCUT2D eigenvalue weighted by Gasteiger charge is -2.36. The summed E-state index contributed by atoms with van der Waals surface area (Å²) in [7, 11) is 0. The molecule has 0 bridgehead atoms. The lowest BCUT2D eigenvalue weighted by molar-refractivity contribution is -0.181. The highest BCUT2D eigenvalue weighted by Gasteiger charge is 2.37. The van der Waals surface area contributed by atoms with Crippen molar-refractivity contribution in [1.29, 1.82) is 0 Å². The molecule has 29 heavy (non-hydrogen) atoms. The number of aliphatic hydroxyl groups is 3. The summed E-state index contributed by atoms with van der Waals surface area (Å²) in [5.74, 6) is 1.53. The number of ether oxygens (including phenoxy) is 3. The Morgan fingerprint density at radius 2 is 1.83 bits per heavy atom. The Labute approximate surface area is 178 Å². The van der Waals surface area contributed by atoms with Gasteiger partial charge in [-0.2, -0.15) is 0 Å². The first-order valence-electron chi connectivity index (χ1n) is 9.76. The number of hydrogen-bond donors (Lipinski definition) is 3. The van der Waals surface area contributed by atoms with Crippen molar-refractivity contribution in [2.45, 2.75) is 44.2 Å². The summed E-state index contributed by atoms with van der Waals surface area (Å²) >= 11 is 3.63. The van der Waals surface area contributed by atoms with Gasteiger partial charge in [0.2, 0.25) is 0 Å². The van der Waals surface area contributed by atoms with Crippen molar-refractivity contribution in [2.24, 2.45) is 0 Å². The van der Waals surface area contributed by atoms with Gasteiger partial charge in [0.15, 0.2) is 11.5 Å². The van der Waals surface area contributed by atoms with Crippen molar-refractivity contribution < 1.29 is 29.5 Å². The maximum atomic E-state index is 10.2. The first-order valence-corrected chi connectivity index (χ1v) is 10.6. The molecule has 2 aromatic carbocycles. The maximum Gasteiger partial charge on any atom is 0.161 e. The first kappa shape index (κ1) is 20.6. The van der Waals surface area contributed by atoms with Crippen molar-refractivity contribution in [3.8, 4) is 11.5 Å². The van der Waals surface area contributed by atoms with E-state index in [0.717, 1.165) is 38.2 Å². The molecule has 2 heterocycles. The van der Waals surface area contributed by atoms with Gasteiger partial charge < -0.3 is 29.5 Å². The highest BCUT2D eigenvalue weighted by atomic mass is 79.9. The van der Waals surface area contributed by atoms with Crippen molar-refractivity contribution >= 4 is 15.9 Å². The summed E-state index contributed by atoms with van der Waals surface area (Å²) in [6.45, 7) is 2.83. The number of halogens is 1. The number of fused-ring (bicyclic) bond motifs is 1. The molecular weight excluding hydrogens is 440 g/mol. The second-order valence-corrected chi connectivity index (χ2v) is 8.44. The molecule has 4 atom stereocenters. The minimum Gasteiger partial charge on any atom is -0.486 e. The summed E-state index contributed by atoms with van der Waals surface area (Å²) in [6.07, 6.45) is -2.24. The summed E-state index contributed by atoms with van der Waals surface area (Å²) in [5.41, 5.74) is 4.25. The van der Waals surface area contributed by atoms with E-state index in [0.29, 0.717) is 19.6 Å². The first-order chi connectivity index (χ1) is 14.0. The fourth-order valence-corrected chi connectivity index (χ4v) is 4.38. The molecule has 3 N–H and O–H groups in total. The van der Waals surface area contributed by atoms with E-state index in [9.17, 15) is 15.3 Å². The van der Waals surface area contributed by atoms with E-state index in [4.69, 9.17) is 14.2 Å². The average Bonchev–Trinajstić information content (AvgIpc) is 2.73. The third-order valence-electron chi connectivity index (χ3n) is 5.60. The summed E-state index contributed by atoms with van der Waals surface area (Å²) < 4.78 is 18.1. The van der Waals surface area contributed by atoms with Crippen LogP contribution in [0.5, 0.6) is 11.5 Å². The van der Waals surface area contributed by atoms with Gasteiger partial charge in [0, 0.05) is 10.9 Å². The SMILES string of the molecule is Cc1c(Br)cc(C2CC(O)C(O)C(CO)O2)cc1Cc1ccc2c(c1)OCCO2. The van der Waals surface area contributed by atoms with E-state index in [2.05, 4.69) is 28.9 Å². The topological polar surface area (TPSA) is 88.4 Å². The normalized spacial score (nSPS) is 26.4. The van der Waals surface area contributed by atoms with Crippen LogP contribution < -0.4 is 9.47 Å². The predicted molar refractivity (Wildman–Crippen MR) is 110 cm³/mol. The third kappa shape index (κ3) is 4.29. The van der Waals surface area contributed by atoms with Gasteiger partial charge in [-0.25, -0.2) is 0 Å². The van der Waals surface area contributed by atoms with E-state index >= 15 is 0 Å². The molecule has 0 amide bonds. The highest BCUT2D eigenvalue weighted by molar-refractivity contribution is 9.10. The average molecular weight is 465 g/mol. The van der Waals surface area contributed by atoms with Crippen molar-refractivity contribution in [3.63, 3.8) is 0 Å².